The Kier molecular flexibility index (Phi) is 3.38. The van der Waals surface area contributed by atoms with Crippen molar-refractivity contribution in [2.75, 3.05) is 26.7 Å². The van der Waals surface area contributed by atoms with Gasteiger partial charge in [0.1, 0.15) is 0 Å². The molecule has 5 nitrogen and oxygen atoms in total. The molecule has 0 saturated carbocycles. The van der Waals surface area contributed by atoms with E-state index in [1.54, 1.807) is 0 Å². The van der Waals surface area contributed by atoms with Crippen LogP contribution in [0.3, 0.4) is 0 Å². The molecule has 0 spiro atoms. The predicted octanol–water partition coefficient (Wildman–Crippen LogP) is 1.73. The zero-order chi connectivity index (χ0) is 13.4. The molecule has 0 radical (unpaired) electrons. The van der Waals surface area contributed by atoms with Gasteiger partial charge in [-0.25, -0.2) is 4.98 Å². The van der Waals surface area contributed by atoms with Gasteiger partial charge in [-0.2, -0.15) is 0 Å². The first kappa shape index (κ1) is 12.8. The Morgan fingerprint density at radius 1 is 1.53 bits per heavy atom. The van der Waals surface area contributed by atoms with Crippen LogP contribution in [-0.2, 0) is 11.3 Å². The molecule has 2 aromatic rings. The summed E-state index contributed by atoms with van der Waals surface area (Å²) in [6, 6.07) is 4.01. The fourth-order valence-corrected chi connectivity index (χ4v) is 2.75. The number of pyridine rings is 1. The number of fused-ring (bicyclic) bond motifs is 1. The number of aromatic nitrogens is 3. The first-order valence-corrected chi connectivity index (χ1v) is 6.90. The van der Waals surface area contributed by atoms with Crippen molar-refractivity contribution in [1.82, 2.24) is 19.4 Å². The minimum absolute atomic E-state index is 0.173. The highest BCUT2D eigenvalue weighted by atomic mass is 32.1. The van der Waals surface area contributed by atoms with Gasteiger partial charge in [-0.05, 0) is 38.3 Å². The van der Waals surface area contributed by atoms with E-state index in [1.165, 1.54) is 0 Å². The molecule has 0 amide bonds. The summed E-state index contributed by atoms with van der Waals surface area (Å²) in [5, 5.41) is 0. The quantitative estimate of drug-likeness (QED) is 0.850. The second-order valence-electron chi connectivity index (χ2n) is 5.12. The van der Waals surface area contributed by atoms with Crippen LogP contribution < -0.4 is 0 Å². The summed E-state index contributed by atoms with van der Waals surface area (Å²) in [5.74, 6) is 0. The molecule has 19 heavy (non-hydrogen) atoms. The second-order valence-corrected chi connectivity index (χ2v) is 5.51. The summed E-state index contributed by atoms with van der Waals surface area (Å²) < 4.78 is 8.56. The Labute approximate surface area is 117 Å². The Bertz CT molecular complexity index is 648. The summed E-state index contributed by atoms with van der Waals surface area (Å²) in [6.07, 6.45) is 0.173. The lowest BCUT2D eigenvalue weighted by molar-refractivity contribution is -0.0271. The van der Waals surface area contributed by atoms with E-state index in [-0.39, 0.29) is 6.10 Å². The Morgan fingerprint density at radius 2 is 2.37 bits per heavy atom. The number of ether oxygens (including phenoxy) is 1. The maximum Gasteiger partial charge on any atom is 0.179 e. The van der Waals surface area contributed by atoms with Gasteiger partial charge in [0.25, 0.3) is 0 Å². The number of morpholine rings is 1. The Hall–Kier alpha value is -1.24. The van der Waals surface area contributed by atoms with Crippen LogP contribution in [0, 0.1) is 11.7 Å². The molecule has 0 aliphatic carbocycles. The van der Waals surface area contributed by atoms with Crippen LogP contribution in [-0.4, -0.2) is 52.3 Å². The molecule has 2 aromatic heterocycles. The van der Waals surface area contributed by atoms with E-state index in [0.29, 0.717) is 4.77 Å². The number of hydrogen-bond donors (Lipinski definition) is 1. The number of hydrogen-bond acceptors (Lipinski definition) is 4. The van der Waals surface area contributed by atoms with E-state index in [1.807, 2.05) is 23.6 Å². The fraction of sp³-hybridized carbons (Fsp3) is 0.538. The minimum Gasteiger partial charge on any atom is -0.374 e. The first-order chi connectivity index (χ1) is 9.13. The van der Waals surface area contributed by atoms with Crippen molar-refractivity contribution in [3.8, 4) is 0 Å². The lowest BCUT2D eigenvalue weighted by Gasteiger charge is -2.30. The molecule has 3 rings (SSSR count). The van der Waals surface area contributed by atoms with Crippen molar-refractivity contribution in [3.63, 3.8) is 0 Å². The molecule has 1 atom stereocenters. The van der Waals surface area contributed by atoms with Gasteiger partial charge in [0.05, 0.1) is 24.8 Å². The highest BCUT2D eigenvalue weighted by Gasteiger charge is 2.19. The molecular weight excluding hydrogens is 260 g/mol. The third kappa shape index (κ3) is 2.56. The molecule has 1 fully saturated rings. The van der Waals surface area contributed by atoms with Crippen molar-refractivity contribution in [2.45, 2.75) is 19.6 Å². The van der Waals surface area contributed by atoms with Crippen molar-refractivity contribution >= 4 is 23.4 Å². The number of H-pyrrole nitrogens is 1. The van der Waals surface area contributed by atoms with E-state index in [4.69, 9.17) is 17.0 Å². The largest absolute Gasteiger partial charge is 0.374 e. The molecule has 102 valence electrons. The molecule has 1 N–H and O–H groups in total. The summed E-state index contributed by atoms with van der Waals surface area (Å²) in [6.45, 7) is 5.45. The fourth-order valence-electron chi connectivity index (χ4n) is 2.48. The van der Waals surface area contributed by atoms with Crippen LogP contribution in [0.4, 0.5) is 0 Å². The van der Waals surface area contributed by atoms with Crippen LogP contribution in [0.5, 0.6) is 0 Å². The lowest BCUT2D eigenvalue weighted by atomic mass is 10.3. The van der Waals surface area contributed by atoms with Gasteiger partial charge in [-0.15, -0.1) is 0 Å². The van der Waals surface area contributed by atoms with Gasteiger partial charge < -0.3 is 14.6 Å². The molecule has 0 bridgehead atoms. The number of likely N-dealkylation sites (N-methyl/N-ethyl adjacent to an activating group) is 1. The van der Waals surface area contributed by atoms with Gasteiger partial charge in [-0.1, -0.05) is 0 Å². The second kappa shape index (κ2) is 5.03. The maximum atomic E-state index is 5.81. The molecule has 1 unspecified atom stereocenters. The molecule has 1 aliphatic rings. The molecule has 1 aliphatic heterocycles. The standard InChI is InChI=1S/C13H18N4OS/c1-9-3-4-11-12(14-9)17(13(19)15-11)8-10-7-16(2)5-6-18-10/h3-4,10H,5-8H2,1-2H3,(H,15,19). The number of imidazole rings is 1. The van der Waals surface area contributed by atoms with Crippen molar-refractivity contribution in [3.05, 3.63) is 22.6 Å². The highest BCUT2D eigenvalue weighted by molar-refractivity contribution is 7.71. The Morgan fingerprint density at radius 3 is 3.16 bits per heavy atom. The van der Waals surface area contributed by atoms with Crippen molar-refractivity contribution in [1.29, 1.82) is 0 Å². The molecule has 0 aromatic carbocycles. The van der Waals surface area contributed by atoms with E-state index < -0.39 is 0 Å². The number of nitrogens with one attached hydrogen (secondary N) is 1. The topological polar surface area (TPSA) is 46.1 Å². The zero-order valence-electron chi connectivity index (χ0n) is 11.2. The monoisotopic (exact) mass is 278 g/mol. The molecule has 3 heterocycles. The predicted molar refractivity (Wildman–Crippen MR) is 76.9 cm³/mol. The zero-order valence-corrected chi connectivity index (χ0v) is 12.0. The summed E-state index contributed by atoms with van der Waals surface area (Å²) in [7, 11) is 2.12. The third-order valence-electron chi connectivity index (χ3n) is 3.48. The smallest absolute Gasteiger partial charge is 0.179 e. The number of aromatic amines is 1. The molecule has 1 saturated heterocycles. The lowest BCUT2D eigenvalue weighted by Crippen LogP contribution is -2.42. The van der Waals surface area contributed by atoms with Crippen molar-refractivity contribution in [2.24, 2.45) is 0 Å². The van der Waals surface area contributed by atoms with Crippen LogP contribution in [0.25, 0.3) is 11.2 Å². The Balaban J connectivity index is 1.93. The molecular formula is C13H18N4OS. The number of nitrogens with zero attached hydrogens (tertiary/aromatic N) is 3. The van der Waals surface area contributed by atoms with Gasteiger partial charge in [0, 0.05) is 18.8 Å². The average molecular weight is 278 g/mol. The van der Waals surface area contributed by atoms with E-state index >= 15 is 0 Å². The average Bonchev–Trinajstić information content (AvgIpc) is 2.66. The molecule has 6 heteroatoms. The minimum atomic E-state index is 0.173. The van der Waals surface area contributed by atoms with Crippen LogP contribution in [0.1, 0.15) is 5.69 Å². The van der Waals surface area contributed by atoms with Gasteiger partial charge >= 0.3 is 0 Å². The number of rotatable bonds is 2. The normalized spacial score (nSPS) is 21.1. The maximum absolute atomic E-state index is 5.81. The van der Waals surface area contributed by atoms with E-state index in [0.717, 1.165) is 43.1 Å². The van der Waals surface area contributed by atoms with Gasteiger partial charge in [-0.3, -0.25) is 4.57 Å². The first-order valence-electron chi connectivity index (χ1n) is 6.50. The van der Waals surface area contributed by atoms with E-state index in [2.05, 4.69) is 21.9 Å². The summed E-state index contributed by atoms with van der Waals surface area (Å²) >= 11 is 5.39. The third-order valence-corrected chi connectivity index (χ3v) is 3.81. The van der Waals surface area contributed by atoms with Crippen LogP contribution >= 0.6 is 12.2 Å². The van der Waals surface area contributed by atoms with Gasteiger partial charge in [0.15, 0.2) is 10.4 Å². The van der Waals surface area contributed by atoms with Gasteiger partial charge in [0.2, 0.25) is 0 Å². The van der Waals surface area contributed by atoms with E-state index in [9.17, 15) is 0 Å². The highest BCUT2D eigenvalue weighted by Crippen LogP contribution is 2.15. The SMILES string of the molecule is Cc1ccc2[nH]c(=S)n(CC3CN(C)CCO3)c2n1. The number of aryl methyl sites for hydroxylation is 1. The van der Waals surface area contributed by atoms with Crippen LogP contribution in [0.2, 0.25) is 0 Å². The summed E-state index contributed by atoms with van der Waals surface area (Å²) in [4.78, 5) is 10.1. The van der Waals surface area contributed by atoms with Crippen molar-refractivity contribution < 1.29 is 4.74 Å². The summed E-state index contributed by atoms with van der Waals surface area (Å²) in [5.41, 5.74) is 2.90. The van der Waals surface area contributed by atoms with Crippen LogP contribution in [0.15, 0.2) is 12.1 Å².